The molecule has 0 unspecified atom stereocenters. The number of benzene rings is 2. The average Bonchev–Trinajstić information content (AvgIpc) is 3.14. The number of carbonyl (C=O) groups is 1. The molecule has 1 aliphatic carbocycles. The van der Waals surface area contributed by atoms with Gasteiger partial charge in [0.15, 0.2) is 0 Å². The van der Waals surface area contributed by atoms with Gasteiger partial charge in [0, 0.05) is 12.0 Å². The number of hydrogen-bond acceptors (Lipinski definition) is 3. The third-order valence-electron chi connectivity index (χ3n) is 5.69. The highest BCUT2D eigenvalue weighted by Gasteiger charge is 2.39. The van der Waals surface area contributed by atoms with Gasteiger partial charge in [-0.1, -0.05) is 30.3 Å². The van der Waals surface area contributed by atoms with Crippen LogP contribution in [0.4, 0.5) is 26.3 Å². The molecule has 0 aromatic heterocycles. The van der Waals surface area contributed by atoms with E-state index in [2.05, 4.69) is 5.32 Å². The number of rotatable bonds is 8. The van der Waals surface area contributed by atoms with Crippen LogP contribution in [-0.4, -0.2) is 31.2 Å². The van der Waals surface area contributed by atoms with E-state index in [1.165, 1.54) is 0 Å². The summed E-state index contributed by atoms with van der Waals surface area (Å²) < 4.78 is 84.4. The van der Waals surface area contributed by atoms with E-state index in [0.717, 1.165) is 17.7 Å². The van der Waals surface area contributed by atoms with Crippen LogP contribution in [0.25, 0.3) is 0 Å². The molecule has 2 aromatic rings. The molecule has 2 aromatic carbocycles. The molecule has 0 saturated heterocycles. The summed E-state index contributed by atoms with van der Waals surface area (Å²) in [5.41, 5.74) is 3.40. The number of hydrogen-bond donors (Lipinski definition) is 2. The Kier molecular flexibility index (Phi) is 7.69. The molecule has 1 fully saturated rings. The first-order valence-electron chi connectivity index (χ1n) is 10.4. The van der Waals surface area contributed by atoms with Crippen LogP contribution >= 0.6 is 0 Å². The highest BCUT2D eigenvalue weighted by molar-refractivity contribution is 5.75. The van der Waals surface area contributed by atoms with Gasteiger partial charge in [0.2, 0.25) is 5.91 Å². The molecule has 3 N–H and O–H groups in total. The number of alkyl halides is 6. The van der Waals surface area contributed by atoms with Gasteiger partial charge in [-0.15, -0.1) is 0 Å². The monoisotopic (exact) mass is 474 g/mol. The van der Waals surface area contributed by atoms with Crippen LogP contribution in [0.3, 0.4) is 0 Å². The van der Waals surface area contributed by atoms with Crippen molar-refractivity contribution in [1.82, 2.24) is 5.32 Å². The lowest BCUT2D eigenvalue weighted by Crippen LogP contribution is -2.39. The zero-order valence-corrected chi connectivity index (χ0v) is 17.5. The topological polar surface area (TPSA) is 64.4 Å². The first-order chi connectivity index (χ1) is 15.4. The van der Waals surface area contributed by atoms with Gasteiger partial charge in [0.05, 0.1) is 30.4 Å². The molecular weight excluding hydrogens is 450 g/mol. The van der Waals surface area contributed by atoms with Gasteiger partial charge >= 0.3 is 12.4 Å². The normalized spacial score (nSPS) is 21.3. The van der Waals surface area contributed by atoms with Crippen molar-refractivity contribution in [2.24, 2.45) is 5.73 Å². The van der Waals surface area contributed by atoms with Gasteiger partial charge in [0.1, 0.15) is 0 Å². The predicted octanol–water partition coefficient (Wildman–Crippen LogP) is 4.67. The van der Waals surface area contributed by atoms with Crippen molar-refractivity contribution in [2.45, 2.75) is 49.7 Å². The number of amides is 1. The van der Waals surface area contributed by atoms with Crippen molar-refractivity contribution in [3.63, 3.8) is 0 Å². The summed E-state index contributed by atoms with van der Waals surface area (Å²) in [6, 6.07) is 10.8. The lowest BCUT2D eigenvalue weighted by molar-refractivity contribution is -0.143. The summed E-state index contributed by atoms with van der Waals surface area (Å²) >= 11 is 0. The van der Waals surface area contributed by atoms with Crippen molar-refractivity contribution in [2.75, 3.05) is 13.2 Å². The minimum absolute atomic E-state index is 0.00876. The van der Waals surface area contributed by atoms with Crippen molar-refractivity contribution >= 4 is 5.91 Å². The van der Waals surface area contributed by atoms with E-state index in [9.17, 15) is 31.1 Å². The average molecular weight is 474 g/mol. The summed E-state index contributed by atoms with van der Waals surface area (Å²) in [5.74, 6) is -0.644. The quantitative estimate of drug-likeness (QED) is 0.547. The van der Waals surface area contributed by atoms with Gasteiger partial charge in [0.25, 0.3) is 0 Å². The maximum absolute atomic E-state index is 13.1. The molecule has 0 aliphatic heterocycles. The van der Waals surface area contributed by atoms with Gasteiger partial charge in [-0.25, -0.2) is 0 Å². The van der Waals surface area contributed by atoms with Gasteiger partial charge in [-0.05, 0) is 48.6 Å². The number of primary amides is 1. The van der Waals surface area contributed by atoms with E-state index in [-0.39, 0.29) is 49.3 Å². The molecule has 1 amide bonds. The Morgan fingerprint density at radius 2 is 1.58 bits per heavy atom. The Labute approximate surface area is 187 Å². The molecule has 0 heterocycles. The minimum atomic E-state index is -4.89. The molecule has 1 saturated carbocycles. The molecule has 3 rings (SSSR count). The SMILES string of the molecule is NC(=O)CN[C@H]1CC[C@@H](OCCc2cc(C(F)(F)F)cc(C(F)(F)F)c2)[C@@H]1c1ccccc1. The molecular formula is C23H24F6N2O2. The zero-order valence-electron chi connectivity index (χ0n) is 17.5. The predicted molar refractivity (Wildman–Crippen MR) is 109 cm³/mol. The van der Waals surface area contributed by atoms with Crippen molar-refractivity contribution < 1.29 is 35.9 Å². The second-order valence-electron chi connectivity index (χ2n) is 8.04. The second-order valence-corrected chi connectivity index (χ2v) is 8.04. The van der Waals surface area contributed by atoms with Crippen LogP contribution in [0.1, 0.15) is 41.0 Å². The van der Waals surface area contributed by atoms with Gasteiger partial charge < -0.3 is 15.8 Å². The third-order valence-corrected chi connectivity index (χ3v) is 5.69. The molecule has 0 radical (unpaired) electrons. The molecule has 10 heteroatoms. The van der Waals surface area contributed by atoms with Gasteiger partial charge in [-0.3, -0.25) is 4.79 Å². The van der Waals surface area contributed by atoms with Crippen molar-refractivity contribution in [1.29, 1.82) is 0 Å². The Morgan fingerprint density at radius 3 is 2.12 bits per heavy atom. The third kappa shape index (κ3) is 6.70. The summed E-state index contributed by atoms with van der Waals surface area (Å²) in [4.78, 5) is 11.2. The second kappa shape index (κ2) is 10.1. The molecule has 33 heavy (non-hydrogen) atoms. The Hall–Kier alpha value is -2.59. The molecule has 0 bridgehead atoms. The molecule has 0 spiro atoms. The van der Waals surface area contributed by atoms with Crippen LogP contribution in [0, 0.1) is 0 Å². The van der Waals surface area contributed by atoms with Crippen LogP contribution < -0.4 is 11.1 Å². The lowest BCUT2D eigenvalue weighted by Gasteiger charge is -2.26. The van der Waals surface area contributed by atoms with Crippen LogP contribution in [-0.2, 0) is 28.3 Å². The number of carbonyl (C=O) groups excluding carboxylic acids is 1. The molecule has 4 nitrogen and oxygen atoms in total. The summed E-state index contributed by atoms with van der Waals surface area (Å²) in [7, 11) is 0. The van der Waals surface area contributed by atoms with Gasteiger partial charge in [-0.2, -0.15) is 26.3 Å². The number of nitrogens with two attached hydrogens (primary N) is 1. The fourth-order valence-electron chi connectivity index (χ4n) is 4.22. The van der Waals surface area contributed by atoms with E-state index in [4.69, 9.17) is 10.5 Å². The fourth-order valence-corrected chi connectivity index (χ4v) is 4.22. The molecule has 3 atom stereocenters. The molecule has 180 valence electrons. The zero-order chi connectivity index (χ0) is 24.2. The minimum Gasteiger partial charge on any atom is -0.377 e. The van der Waals surface area contributed by atoms with E-state index in [1.807, 2.05) is 30.3 Å². The largest absolute Gasteiger partial charge is 0.416 e. The lowest BCUT2D eigenvalue weighted by atomic mass is 9.92. The number of nitrogens with one attached hydrogen (secondary N) is 1. The van der Waals surface area contributed by atoms with Crippen molar-refractivity contribution in [3.8, 4) is 0 Å². The van der Waals surface area contributed by atoms with E-state index in [1.54, 1.807) is 0 Å². The maximum Gasteiger partial charge on any atom is 0.416 e. The van der Waals surface area contributed by atoms with Crippen LogP contribution in [0.15, 0.2) is 48.5 Å². The van der Waals surface area contributed by atoms with Crippen molar-refractivity contribution in [3.05, 3.63) is 70.8 Å². The fraction of sp³-hybridized carbons (Fsp3) is 0.435. The first kappa shape index (κ1) is 25.0. The van der Waals surface area contributed by atoms with E-state index in [0.29, 0.717) is 12.8 Å². The standard InChI is InChI=1S/C23H24F6N2O2/c24-22(25,26)16-10-14(11-17(12-16)23(27,28)29)8-9-33-19-7-6-18(31-13-20(30)32)21(19)15-4-2-1-3-5-15/h1-5,10-12,18-19,21,31H,6-9,13H2,(H2,30,32)/t18-,19+,21+/m0/s1. The smallest absolute Gasteiger partial charge is 0.377 e. The van der Waals surface area contributed by atoms with Crippen LogP contribution in [0.2, 0.25) is 0 Å². The Bertz CT molecular complexity index is 914. The summed E-state index contributed by atoms with van der Waals surface area (Å²) in [6.07, 6.45) is -8.90. The maximum atomic E-state index is 13.1. The number of halogens is 6. The highest BCUT2D eigenvalue weighted by atomic mass is 19.4. The summed E-state index contributed by atoms with van der Waals surface area (Å²) in [6.45, 7) is -0.0552. The Balaban J connectivity index is 1.73. The number of ether oxygens (including phenoxy) is 1. The highest BCUT2D eigenvalue weighted by Crippen LogP contribution is 2.38. The summed E-state index contributed by atoms with van der Waals surface area (Å²) in [5, 5.41) is 3.11. The van der Waals surface area contributed by atoms with E-state index < -0.39 is 29.4 Å². The van der Waals surface area contributed by atoms with Crippen LogP contribution in [0.5, 0.6) is 0 Å². The Morgan fingerprint density at radius 1 is 0.970 bits per heavy atom. The molecule has 1 aliphatic rings. The first-order valence-corrected chi connectivity index (χ1v) is 10.4. The van der Waals surface area contributed by atoms with E-state index >= 15 is 0 Å².